The number of aliphatic hydroxyl groups is 2. The second-order valence-corrected chi connectivity index (χ2v) is 8.90. The molecule has 5 heteroatoms. The molecule has 0 bridgehead atoms. The van der Waals surface area contributed by atoms with Crippen molar-refractivity contribution in [2.45, 2.75) is 37.6 Å². The van der Waals surface area contributed by atoms with Crippen molar-refractivity contribution in [3.63, 3.8) is 0 Å². The number of nitrogens with zero attached hydrogens (tertiary/aromatic N) is 1. The fourth-order valence-electron chi connectivity index (χ4n) is 4.22. The van der Waals surface area contributed by atoms with E-state index in [1.165, 1.54) is 5.56 Å². The highest BCUT2D eigenvalue weighted by Gasteiger charge is 2.32. The van der Waals surface area contributed by atoms with E-state index in [1.54, 1.807) is 0 Å². The first-order valence-corrected chi connectivity index (χ1v) is 11.6. The van der Waals surface area contributed by atoms with Crippen LogP contribution >= 0.6 is 0 Å². The summed E-state index contributed by atoms with van der Waals surface area (Å²) in [5.41, 5.74) is 1.62. The molecule has 0 radical (unpaired) electrons. The van der Waals surface area contributed by atoms with Gasteiger partial charge in [-0.05, 0) is 48.2 Å². The van der Waals surface area contributed by atoms with Crippen molar-refractivity contribution in [1.29, 1.82) is 0 Å². The fourth-order valence-corrected chi connectivity index (χ4v) is 4.22. The number of likely N-dealkylation sites (tertiary alicyclic amines) is 1. The number of ether oxygens (including phenoxy) is 2. The van der Waals surface area contributed by atoms with Crippen molar-refractivity contribution in [3.8, 4) is 11.5 Å². The van der Waals surface area contributed by atoms with Crippen LogP contribution in [0.5, 0.6) is 11.5 Å². The van der Waals surface area contributed by atoms with E-state index in [1.807, 2.05) is 72.8 Å². The number of rotatable bonds is 10. The predicted octanol–water partition coefficient (Wildman–Crippen LogP) is 4.07. The fraction of sp³-hybridized carbons (Fsp3) is 0.357. The van der Waals surface area contributed by atoms with Crippen LogP contribution in [-0.4, -0.2) is 53.1 Å². The van der Waals surface area contributed by atoms with Gasteiger partial charge in [-0.3, -0.25) is 0 Å². The average Bonchev–Trinajstić information content (AvgIpc) is 2.85. The van der Waals surface area contributed by atoms with Gasteiger partial charge in [-0.25, -0.2) is 0 Å². The molecule has 1 saturated heterocycles. The predicted molar refractivity (Wildman–Crippen MR) is 129 cm³/mol. The molecule has 0 saturated carbocycles. The van der Waals surface area contributed by atoms with E-state index < -0.39 is 11.7 Å². The van der Waals surface area contributed by atoms with E-state index in [2.05, 4.69) is 17.0 Å². The van der Waals surface area contributed by atoms with Crippen molar-refractivity contribution in [2.24, 2.45) is 0 Å². The molecule has 2 N–H and O–H groups in total. The van der Waals surface area contributed by atoms with Gasteiger partial charge < -0.3 is 24.6 Å². The number of aliphatic hydroxyl groups excluding tert-OH is 1. The van der Waals surface area contributed by atoms with Crippen molar-refractivity contribution < 1.29 is 19.7 Å². The number of β-amino-alcohol motifs (C(OH)–C–C–N with tert-alkyl or cyclic N) is 1. The van der Waals surface area contributed by atoms with Gasteiger partial charge in [-0.15, -0.1) is 0 Å². The molecule has 1 fully saturated rings. The highest BCUT2D eigenvalue weighted by atomic mass is 16.5. The first-order chi connectivity index (χ1) is 16.1. The maximum atomic E-state index is 10.9. The van der Waals surface area contributed by atoms with Crippen LogP contribution in [0.25, 0.3) is 0 Å². The van der Waals surface area contributed by atoms with Gasteiger partial charge in [-0.2, -0.15) is 0 Å². The van der Waals surface area contributed by atoms with E-state index in [9.17, 15) is 10.2 Å². The zero-order valence-electron chi connectivity index (χ0n) is 19.0. The summed E-state index contributed by atoms with van der Waals surface area (Å²) in [5.74, 6) is 1.49. The van der Waals surface area contributed by atoms with Crippen LogP contribution < -0.4 is 9.47 Å². The summed E-state index contributed by atoms with van der Waals surface area (Å²) in [6.45, 7) is 2.84. The number of hydrogen-bond donors (Lipinski definition) is 2. The van der Waals surface area contributed by atoms with Gasteiger partial charge in [0.15, 0.2) is 0 Å². The Bertz CT molecular complexity index is 954. The normalized spacial score (nSPS) is 16.8. The molecule has 1 aliphatic heterocycles. The van der Waals surface area contributed by atoms with Gasteiger partial charge in [-0.1, -0.05) is 60.7 Å². The molecule has 174 valence electrons. The molecule has 3 aromatic rings. The summed E-state index contributed by atoms with van der Waals surface area (Å²) < 4.78 is 11.6. The highest BCUT2D eigenvalue weighted by molar-refractivity contribution is 5.31. The summed E-state index contributed by atoms with van der Waals surface area (Å²) in [4.78, 5) is 2.20. The number of hydrogen-bond acceptors (Lipinski definition) is 5. The Kier molecular flexibility index (Phi) is 8.00. The van der Waals surface area contributed by atoms with Crippen LogP contribution in [0.3, 0.4) is 0 Å². The van der Waals surface area contributed by atoms with Crippen molar-refractivity contribution in [3.05, 3.63) is 96.1 Å². The van der Waals surface area contributed by atoms with Crippen LogP contribution in [0.4, 0.5) is 0 Å². The van der Waals surface area contributed by atoms with Gasteiger partial charge >= 0.3 is 0 Å². The number of benzene rings is 3. The Labute approximate surface area is 196 Å². The quantitative estimate of drug-likeness (QED) is 0.491. The first kappa shape index (κ1) is 23.3. The minimum absolute atomic E-state index is 0.231. The lowest BCUT2D eigenvalue weighted by Crippen LogP contribution is -2.48. The van der Waals surface area contributed by atoms with Crippen LogP contribution in [0, 0.1) is 0 Å². The van der Waals surface area contributed by atoms with Crippen molar-refractivity contribution >= 4 is 0 Å². The second kappa shape index (κ2) is 11.3. The SMILES string of the molecule is O[C@@H](COc1ccc(OCc2ccccc2)cc1)CN1CCC(O)(Cc2ccccc2)CC1. The highest BCUT2D eigenvalue weighted by Crippen LogP contribution is 2.26. The topological polar surface area (TPSA) is 62.2 Å². The molecule has 1 aliphatic rings. The Morgan fingerprint density at radius 3 is 1.91 bits per heavy atom. The minimum atomic E-state index is -0.663. The third-order valence-electron chi connectivity index (χ3n) is 6.15. The van der Waals surface area contributed by atoms with E-state index in [4.69, 9.17) is 9.47 Å². The minimum Gasteiger partial charge on any atom is -0.491 e. The lowest BCUT2D eigenvalue weighted by atomic mass is 9.85. The first-order valence-electron chi connectivity index (χ1n) is 11.6. The molecular weight excluding hydrogens is 414 g/mol. The molecule has 3 aromatic carbocycles. The Hall–Kier alpha value is -2.86. The smallest absolute Gasteiger partial charge is 0.120 e. The molecule has 0 aromatic heterocycles. The molecule has 0 amide bonds. The van der Waals surface area contributed by atoms with Crippen LogP contribution in [0.15, 0.2) is 84.9 Å². The molecule has 0 aliphatic carbocycles. The molecule has 1 atom stereocenters. The summed E-state index contributed by atoms with van der Waals surface area (Å²) in [7, 11) is 0. The molecular formula is C28H33NO4. The molecule has 33 heavy (non-hydrogen) atoms. The average molecular weight is 448 g/mol. The Morgan fingerprint density at radius 2 is 1.30 bits per heavy atom. The molecule has 0 unspecified atom stereocenters. The van der Waals surface area contributed by atoms with Crippen LogP contribution in [0.1, 0.15) is 24.0 Å². The zero-order valence-corrected chi connectivity index (χ0v) is 19.0. The third-order valence-corrected chi connectivity index (χ3v) is 6.15. The lowest BCUT2D eigenvalue weighted by Gasteiger charge is -2.39. The van der Waals surface area contributed by atoms with Gasteiger partial charge in [0.25, 0.3) is 0 Å². The molecule has 4 rings (SSSR count). The number of piperidine rings is 1. The van der Waals surface area contributed by atoms with Crippen LogP contribution in [0.2, 0.25) is 0 Å². The van der Waals surface area contributed by atoms with E-state index >= 15 is 0 Å². The van der Waals surface area contributed by atoms with Gasteiger partial charge in [0.05, 0.1) is 5.60 Å². The van der Waals surface area contributed by atoms with Gasteiger partial charge in [0.2, 0.25) is 0 Å². The third kappa shape index (κ3) is 7.32. The monoisotopic (exact) mass is 447 g/mol. The molecule has 1 heterocycles. The van der Waals surface area contributed by atoms with Crippen LogP contribution in [-0.2, 0) is 13.0 Å². The second-order valence-electron chi connectivity index (χ2n) is 8.90. The zero-order chi connectivity index (χ0) is 22.9. The van der Waals surface area contributed by atoms with Gasteiger partial charge in [0.1, 0.15) is 30.8 Å². The van der Waals surface area contributed by atoms with Crippen molar-refractivity contribution in [2.75, 3.05) is 26.2 Å². The summed E-state index contributed by atoms with van der Waals surface area (Å²) in [5, 5.41) is 21.4. The van der Waals surface area contributed by atoms with Crippen molar-refractivity contribution in [1.82, 2.24) is 4.90 Å². The maximum absolute atomic E-state index is 10.9. The Balaban J connectivity index is 1.16. The van der Waals surface area contributed by atoms with Gasteiger partial charge in [0, 0.05) is 26.1 Å². The summed E-state index contributed by atoms with van der Waals surface area (Å²) >= 11 is 0. The lowest BCUT2D eigenvalue weighted by molar-refractivity contribution is -0.0325. The summed E-state index contributed by atoms with van der Waals surface area (Å²) in [6.07, 6.45) is 1.51. The van der Waals surface area contributed by atoms with E-state index in [0.717, 1.165) is 24.4 Å². The Morgan fingerprint density at radius 1 is 0.758 bits per heavy atom. The molecule has 0 spiro atoms. The summed E-state index contributed by atoms with van der Waals surface area (Å²) in [6, 6.07) is 27.7. The molecule has 5 nitrogen and oxygen atoms in total. The standard InChI is InChI=1S/C28H33NO4/c30-25(20-29-17-15-28(31,16-18-29)19-23-7-3-1-4-8-23)22-33-27-13-11-26(12-14-27)32-21-24-9-5-2-6-10-24/h1-14,25,30-31H,15-22H2/t25-/m1/s1. The largest absolute Gasteiger partial charge is 0.491 e. The maximum Gasteiger partial charge on any atom is 0.120 e. The van der Waals surface area contributed by atoms with E-state index in [0.29, 0.717) is 38.2 Å². The van der Waals surface area contributed by atoms with E-state index in [-0.39, 0.29) is 6.61 Å².